The Balaban J connectivity index is 1.49. The fourth-order valence-corrected chi connectivity index (χ4v) is 3.78. The standard InChI is InChI=1S/C19H23BrN2S/c1-23-18-8-6-16(7-9-18)14-21-10-12-22(13-11-21)15-17-4-2-3-5-19(17)20/h2-9H,10-15H2,1H3. The van der Waals surface area contributed by atoms with Gasteiger partial charge in [0, 0.05) is 48.6 Å². The third kappa shape index (κ3) is 4.83. The lowest BCUT2D eigenvalue weighted by Gasteiger charge is -2.35. The molecule has 1 aliphatic rings. The van der Waals surface area contributed by atoms with Gasteiger partial charge in [0.2, 0.25) is 0 Å². The van der Waals surface area contributed by atoms with Gasteiger partial charge in [0.25, 0.3) is 0 Å². The monoisotopic (exact) mass is 390 g/mol. The van der Waals surface area contributed by atoms with Crippen LogP contribution in [-0.4, -0.2) is 42.2 Å². The average Bonchev–Trinajstić information content (AvgIpc) is 2.59. The molecule has 1 saturated heterocycles. The predicted molar refractivity (Wildman–Crippen MR) is 103 cm³/mol. The molecule has 0 aliphatic carbocycles. The van der Waals surface area contributed by atoms with E-state index in [0.29, 0.717) is 0 Å². The van der Waals surface area contributed by atoms with Gasteiger partial charge in [0.05, 0.1) is 0 Å². The van der Waals surface area contributed by atoms with Gasteiger partial charge in [-0.3, -0.25) is 9.80 Å². The summed E-state index contributed by atoms with van der Waals surface area (Å²) in [6.07, 6.45) is 2.12. The van der Waals surface area contributed by atoms with Crippen molar-refractivity contribution in [2.75, 3.05) is 32.4 Å². The van der Waals surface area contributed by atoms with Crippen LogP contribution >= 0.6 is 27.7 Å². The Morgan fingerprint density at radius 1 is 0.870 bits per heavy atom. The van der Waals surface area contributed by atoms with Gasteiger partial charge >= 0.3 is 0 Å². The van der Waals surface area contributed by atoms with Crippen LogP contribution in [0.3, 0.4) is 0 Å². The Labute approximate surface area is 152 Å². The van der Waals surface area contributed by atoms with Gasteiger partial charge in [-0.2, -0.15) is 0 Å². The minimum absolute atomic E-state index is 1.04. The van der Waals surface area contributed by atoms with Gasteiger partial charge in [-0.15, -0.1) is 11.8 Å². The first-order valence-corrected chi connectivity index (χ1v) is 10.1. The van der Waals surface area contributed by atoms with E-state index in [2.05, 4.69) is 80.5 Å². The predicted octanol–water partition coefficient (Wildman–Crippen LogP) is 4.49. The summed E-state index contributed by atoms with van der Waals surface area (Å²) in [5.74, 6) is 0. The van der Waals surface area contributed by atoms with Crippen molar-refractivity contribution in [2.45, 2.75) is 18.0 Å². The first-order valence-electron chi connectivity index (χ1n) is 8.05. The Morgan fingerprint density at radius 3 is 2.09 bits per heavy atom. The van der Waals surface area contributed by atoms with Crippen LogP contribution in [0.25, 0.3) is 0 Å². The molecule has 4 heteroatoms. The van der Waals surface area contributed by atoms with Crippen LogP contribution in [-0.2, 0) is 13.1 Å². The zero-order valence-electron chi connectivity index (χ0n) is 13.5. The summed E-state index contributed by atoms with van der Waals surface area (Å²) in [5, 5.41) is 0. The molecule has 0 atom stereocenters. The molecule has 0 bridgehead atoms. The van der Waals surface area contributed by atoms with E-state index in [1.165, 1.54) is 20.5 Å². The summed E-state index contributed by atoms with van der Waals surface area (Å²) in [4.78, 5) is 6.45. The van der Waals surface area contributed by atoms with Crippen molar-refractivity contribution in [3.05, 3.63) is 64.1 Å². The molecule has 2 aromatic carbocycles. The molecule has 122 valence electrons. The molecule has 3 rings (SSSR count). The SMILES string of the molecule is CSc1ccc(CN2CCN(Cc3ccccc3Br)CC2)cc1. The molecule has 0 unspecified atom stereocenters. The lowest BCUT2D eigenvalue weighted by Crippen LogP contribution is -2.45. The van der Waals surface area contributed by atoms with E-state index in [-0.39, 0.29) is 0 Å². The highest BCUT2D eigenvalue weighted by molar-refractivity contribution is 9.10. The highest BCUT2D eigenvalue weighted by atomic mass is 79.9. The fourth-order valence-electron chi connectivity index (χ4n) is 2.96. The van der Waals surface area contributed by atoms with E-state index < -0.39 is 0 Å². The summed E-state index contributed by atoms with van der Waals surface area (Å²) in [5.41, 5.74) is 2.80. The molecule has 1 fully saturated rings. The zero-order valence-corrected chi connectivity index (χ0v) is 15.9. The fraction of sp³-hybridized carbons (Fsp3) is 0.368. The van der Waals surface area contributed by atoms with Crippen LogP contribution in [0, 0.1) is 0 Å². The molecule has 0 N–H and O–H groups in total. The van der Waals surface area contributed by atoms with E-state index in [4.69, 9.17) is 0 Å². The Morgan fingerprint density at radius 2 is 1.48 bits per heavy atom. The maximum absolute atomic E-state index is 3.65. The van der Waals surface area contributed by atoms with Gasteiger partial charge in [-0.05, 0) is 35.6 Å². The first-order chi connectivity index (χ1) is 11.2. The summed E-state index contributed by atoms with van der Waals surface area (Å²) in [6, 6.07) is 17.5. The van der Waals surface area contributed by atoms with E-state index >= 15 is 0 Å². The first kappa shape index (κ1) is 17.0. The lowest BCUT2D eigenvalue weighted by atomic mass is 10.1. The number of hydrogen-bond acceptors (Lipinski definition) is 3. The minimum Gasteiger partial charge on any atom is -0.297 e. The molecule has 0 saturated carbocycles. The quantitative estimate of drug-likeness (QED) is 0.694. The van der Waals surface area contributed by atoms with Gasteiger partial charge in [0.15, 0.2) is 0 Å². The van der Waals surface area contributed by atoms with Crippen LogP contribution in [0.1, 0.15) is 11.1 Å². The van der Waals surface area contributed by atoms with E-state index in [9.17, 15) is 0 Å². The smallest absolute Gasteiger partial charge is 0.0246 e. The maximum atomic E-state index is 3.65. The van der Waals surface area contributed by atoms with Gasteiger partial charge in [0.1, 0.15) is 0 Å². The summed E-state index contributed by atoms with van der Waals surface area (Å²) in [7, 11) is 0. The lowest BCUT2D eigenvalue weighted by molar-refractivity contribution is 0.122. The summed E-state index contributed by atoms with van der Waals surface area (Å²) >= 11 is 5.45. The molecule has 0 aromatic heterocycles. The van der Waals surface area contributed by atoms with Gasteiger partial charge in [-0.25, -0.2) is 0 Å². The van der Waals surface area contributed by atoms with Crippen molar-refractivity contribution in [3.63, 3.8) is 0 Å². The largest absolute Gasteiger partial charge is 0.297 e. The van der Waals surface area contributed by atoms with Crippen LogP contribution in [0.5, 0.6) is 0 Å². The van der Waals surface area contributed by atoms with Crippen molar-refractivity contribution in [3.8, 4) is 0 Å². The van der Waals surface area contributed by atoms with Crippen molar-refractivity contribution in [1.82, 2.24) is 9.80 Å². The van der Waals surface area contributed by atoms with Crippen LogP contribution < -0.4 is 0 Å². The number of piperazine rings is 1. The molecule has 0 radical (unpaired) electrons. The van der Waals surface area contributed by atoms with Gasteiger partial charge < -0.3 is 0 Å². The number of nitrogens with zero attached hydrogens (tertiary/aromatic N) is 2. The summed E-state index contributed by atoms with van der Waals surface area (Å²) < 4.78 is 1.22. The second-order valence-electron chi connectivity index (χ2n) is 5.99. The summed E-state index contributed by atoms with van der Waals surface area (Å²) in [6.45, 7) is 6.69. The Kier molecular flexibility index (Phi) is 6.17. The highest BCUT2D eigenvalue weighted by Crippen LogP contribution is 2.19. The molecule has 0 amide bonds. The molecular formula is C19H23BrN2S. The van der Waals surface area contributed by atoms with Crippen molar-refractivity contribution >= 4 is 27.7 Å². The molecule has 23 heavy (non-hydrogen) atoms. The minimum atomic E-state index is 1.04. The molecule has 0 spiro atoms. The topological polar surface area (TPSA) is 6.48 Å². The van der Waals surface area contributed by atoms with E-state index in [1.54, 1.807) is 11.8 Å². The number of halogens is 1. The second kappa shape index (κ2) is 8.34. The number of hydrogen-bond donors (Lipinski definition) is 0. The molecule has 2 aromatic rings. The number of thioether (sulfide) groups is 1. The highest BCUT2D eigenvalue weighted by Gasteiger charge is 2.17. The third-order valence-electron chi connectivity index (χ3n) is 4.38. The second-order valence-corrected chi connectivity index (χ2v) is 7.73. The third-order valence-corrected chi connectivity index (χ3v) is 5.90. The van der Waals surface area contributed by atoms with E-state index in [1.807, 2.05) is 0 Å². The Bertz CT molecular complexity index is 622. The zero-order chi connectivity index (χ0) is 16.1. The molecular weight excluding hydrogens is 368 g/mol. The Hall–Kier alpha value is -0.810. The van der Waals surface area contributed by atoms with E-state index in [0.717, 1.165) is 39.3 Å². The van der Waals surface area contributed by atoms with Gasteiger partial charge in [-0.1, -0.05) is 46.3 Å². The molecule has 1 heterocycles. The molecule has 1 aliphatic heterocycles. The van der Waals surface area contributed by atoms with Crippen LogP contribution in [0.2, 0.25) is 0 Å². The van der Waals surface area contributed by atoms with Crippen molar-refractivity contribution in [1.29, 1.82) is 0 Å². The number of benzene rings is 2. The van der Waals surface area contributed by atoms with Crippen molar-refractivity contribution in [2.24, 2.45) is 0 Å². The number of rotatable bonds is 5. The normalized spacial score (nSPS) is 16.6. The molecule has 2 nitrogen and oxygen atoms in total. The maximum Gasteiger partial charge on any atom is 0.0246 e. The van der Waals surface area contributed by atoms with Crippen LogP contribution in [0.4, 0.5) is 0 Å². The average molecular weight is 391 g/mol. The van der Waals surface area contributed by atoms with Crippen LogP contribution in [0.15, 0.2) is 57.9 Å². The van der Waals surface area contributed by atoms with Crippen molar-refractivity contribution < 1.29 is 0 Å².